The van der Waals surface area contributed by atoms with Crippen molar-refractivity contribution >= 4 is 5.91 Å². The van der Waals surface area contributed by atoms with Gasteiger partial charge in [0.1, 0.15) is 0 Å². The third-order valence-corrected chi connectivity index (χ3v) is 2.63. The maximum absolute atomic E-state index is 12.9. The number of halogens is 2. The van der Waals surface area contributed by atoms with Crippen LogP contribution in [0.1, 0.15) is 25.7 Å². The zero-order valence-electron chi connectivity index (χ0n) is 7.43. The van der Waals surface area contributed by atoms with Crippen molar-refractivity contribution in [1.29, 1.82) is 0 Å². The molecule has 0 aromatic rings. The fraction of sp³-hybridized carbons (Fsp3) is 0.889. The first-order valence-electron chi connectivity index (χ1n) is 4.75. The van der Waals surface area contributed by atoms with Gasteiger partial charge >= 0.3 is 0 Å². The molecule has 13 heavy (non-hydrogen) atoms. The molecular weight excluding hydrogens is 176 g/mol. The molecule has 2 fully saturated rings. The predicted molar refractivity (Wildman–Crippen MR) is 43.5 cm³/mol. The molecule has 1 aliphatic carbocycles. The first kappa shape index (κ1) is 8.91. The van der Waals surface area contributed by atoms with Crippen molar-refractivity contribution in [2.24, 2.45) is 5.92 Å². The lowest BCUT2D eigenvalue weighted by Gasteiger charge is -2.32. The molecule has 0 bridgehead atoms. The zero-order valence-corrected chi connectivity index (χ0v) is 7.43. The van der Waals surface area contributed by atoms with Crippen molar-refractivity contribution in [2.75, 3.05) is 13.1 Å². The van der Waals surface area contributed by atoms with Crippen LogP contribution >= 0.6 is 0 Å². The second-order valence-electron chi connectivity index (χ2n) is 3.99. The summed E-state index contributed by atoms with van der Waals surface area (Å²) in [6.07, 6.45) is 2.15. The van der Waals surface area contributed by atoms with E-state index in [1.807, 2.05) is 0 Å². The van der Waals surface area contributed by atoms with Crippen LogP contribution in [0.25, 0.3) is 0 Å². The Kier molecular flexibility index (Phi) is 2.00. The molecule has 0 aromatic heterocycles. The molecule has 0 unspecified atom stereocenters. The molecule has 74 valence electrons. The molecule has 2 rings (SSSR count). The van der Waals surface area contributed by atoms with Gasteiger partial charge in [0.05, 0.1) is 6.54 Å². The molecule has 1 saturated carbocycles. The number of carbonyl (C=O) groups excluding carboxylic acids is 1. The Labute approximate surface area is 75.9 Å². The minimum absolute atomic E-state index is 0.0561. The van der Waals surface area contributed by atoms with E-state index < -0.39 is 5.92 Å². The maximum Gasteiger partial charge on any atom is 0.265 e. The summed E-state index contributed by atoms with van der Waals surface area (Å²) in [5, 5.41) is 0. The SMILES string of the molecule is O=C(C1CC1)N1CCCC(F)(F)C1. The van der Waals surface area contributed by atoms with Crippen molar-refractivity contribution in [3.05, 3.63) is 0 Å². The van der Waals surface area contributed by atoms with Crippen LogP contribution in [0.15, 0.2) is 0 Å². The zero-order chi connectivity index (χ0) is 9.47. The summed E-state index contributed by atoms with van der Waals surface area (Å²) in [6.45, 7) is 0.160. The Morgan fingerprint density at radius 1 is 1.38 bits per heavy atom. The number of alkyl halides is 2. The van der Waals surface area contributed by atoms with Gasteiger partial charge in [-0.05, 0) is 19.3 Å². The minimum Gasteiger partial charge on any atom is -0.336 e. The van der Waals surface area contributed by atoms with Crippen LogP contribution in [0.3, 0.4) is 0 Å². The van der Waals surface area contributed by atoms with Gasteiger partial charge in [0.15, 0.2) is 0 Å². The average Bonchev–Trinajstić information content (AvgIpc) is 2.83. The van der Waals surface area contributed by atoms with E-state index in [9.17, 15) is 13.6 Å². The third-order valence-electron chi connectivity index (χ3n) is 2.63. The van der Waals surface area contributed by atoms with Crippen LogP contribution in [-0.4, -0.2) is 29.8 Å². The molecule has 2 nitrogen and oxygen atoms in total. The van der Waals surface area contributed by atoms with Crippen LogP contribution in [0.4, 0.5) is 8.78 Å². The highest BCUT2D eigenvalue weighted by Gasteiger charge is 2.41. The summed E-state index contributed by atoms with van der Waals surface area (Å²) < 4.78 is 25.8. The number of piperidine rings is 1. The van der Waals surface area contributed by atoms with E-state index in [0.29, 0.717) is 13.0 Å². The van der Waals surface area contributed by atoms with E-state index in [1.165, 1.54) is 4.90 Å². The quantitative estimate of drug-likeness (QED) is 0.614. The summed E-state index contributed by atoms with van der Waals surface area (Å²) in [4.78, 5) is 12.8. The van der Waals surface area contributed by atoms with Crippen LogP contribution < -0.4 is 0 Å². The second-order valence-corrected chi connectivity index (χ2v) is 3.99. The number of hydrogen-bond acceptors (Lipinski definition) is 1. The standard InChI is InChI=1S/C9H13F2NO/c10-9(11)4-1-5-12(6-9)8(13)7-2-3-7/h7H,1-6H2. The highest BCUT2D eigenvalue weighted by molar-refractivity contribution is 5.81. The van der Waals surface area contributed by atoms with Crippen molar-refractivity contribution in [2.45, 2.75) is 31.6 Å². The monoisotopic (exact) mass is 189 g/mol. The smallest absolute Gasteiger partial charge is 0.265 e. The van der Waals surface area contributed by atoms with Gasteiger partial charge in [-0.2, -0.15) is 0 Å². The number of carbonyl (C=O) groups is 1. The van der Waals surface area contributed by atoms with Gasteiger partial charge < -0.3 is 4.90 Å². The maximum atomic E-state index is 12.9. The summed E-state index contributed by atoms with van der Waals surface area (Å²) in [6, 6.07) is 0. The molecule has 0 aromatic carbocycles. The topological polar surface area (TPSA) is 20.3 Å². The van der Waals surface area contributed by atoms with Gasteiger partial charge in [-0.25, -0.2) is 8.78 Å². The van der Waals surface area contributed by atoms with Crippen molar-refractivity contribution < 1.29 is 13.6 Å². The highest BCUT2D eigenvalue weighted by atomic mass is 19.3. The lowest BCUT2D eigenvalue weighted by Crippen LogP contribution is -2.46. The van der Waals surface area contributed by atoms with Gasteiger partial charge in [0.2, 0.25) is 5.91 Å². The molecule has 0 radical (unpaired) electrons. The summed E-state index contributed by atoms with van der Waals surface area (Å²) in [5.74, 6) is -2.64. The number of rotatable bonds is 1. The first-order chi connectivity index (χ1) is 6.08. The van der Waals surface area contributed by atoms with Crippen LogP contribution in [0, 0.1) is 5.92 Å². The number of hydrogen-bond donors (Lipinski definition) is 0. The molecule has 1 saturated heterocycles. The van der Waals surface area contributed by atoms with Gasteiger partial charge in [-0.1, -0.05) is 0 Å². The molecule has 1 aliphatic heterocycles. The number of likely N-dealkylation sites (tertiary alicyclic amines) is 1. The minimum atomic E-state index is -2.65. The van der Waals surface area contributed by atoms with Crippen molar-refractivity contribution in [3.8, 4) is 0 Å². The Morgan fingerprint density at radius 3 is 2.62 bits per heavy atom. The summed E-state index contributed by atoms with van der Waals surface area (Å²) in [7, 11) is 0. The Balaban J connectivity index is 1.95. The number of amides is 1. The molecule has 4 heteroatoms. The van der Waals surface area contributed by atoms with Crippen LogP contribution in [-0.2, 0) is 4.79 Å². The van der Waals surface area contributed by atoms with Crippen molar-refractivity contribution in [3.63, 3.8) is 0 Å². The van der Waals surface area contributed by atoms with Crippen LogP contribution in [0.5, 0.6) is 0 Å². The molecule has 1 heterocycles. The lowest BCUT2D eigenvalue weighted by atomic mass is 10.1. The Hall–Kier alpha value is -0.670. The largest absolute Gasteiger partial charge is 0.336 e. The van der Waals surface area contributed by atoms with Crippen LogP contribution in [0.2, 0.25) is 0 Å². The van der Waals surface area contributed by atoms with E-state index in [4.69, 9.17) is 0 Å². The van der Waals surface area contributed by atoms with E-state index in [1.54, 1.807) is 0 Å². The van der Waals surface area contributed by atoms with Gasteiger partial charge in [0.25, 0.3) is 5.92 Å². The molecule has 0 atom stereocenters. The molecule has 0 spiro atoms. The van der Waals surface area contributed by atoms with Gasteiger partial charge in [0, 0.05) is 18.9 Å². The Morgan fingerprint density at radius 2 is 2.08 bits per heavy atom. The van der Waals surface area contributed by atoms with E-state index >= 15 is 0 Å². The van der Waals surface area contributed by atoms with E-state index in [0.717, 1.165) is 12.8 Å². The molecular formula is C9H13F2NO. The molecule has 1 amide bonds. The van der Waals surface area contributed by atoms with E-state index in [2.05, 4.69) is 0 Å². The fourth-order valence-electron chi connectivity index (χ4n) is 1.74. The summed E-state index contributed by atoms with van der Waals surface area (Å²) in [5.41, 5.74) is 0. The third kappa shape index (κ3) is 1.98. The highest BCUT2D eigenvalue weighted by Crippen LogP contribution is 2.34. The lowest BCUT2D eigenvalue weighted by molar-refractivity contribution is -0.142. The van der Waals surface area contributed by atoms with Gasteiger partial charge in [-0.15, -0.1) is 0 Å². The number of nitrogens with zero attached hydrogens (tertiary/aromatic N) is 1. The van der Waals surface area contributed by atoms with Gasteiger partial charge in [-0.3, -0.25) is 4.79 Å². The normalized spacial score (nSPS) is 27.4. The Bertz CT molecular complexity index is 226. The second kappa shape index (κ2) is 2.93. The first-order valence-corrected chi connectivity index (χ1v) is 4.75. The molecule has 2 aliphatic rings. The predicted octanol–water partition coefficient (Wildman–Crippen LogP) is 1.65. The fourth-order valence-corrected chi connectivity index (χ4v) is 1.74. The van der Waals surface area contributed by atoms with E-state index in [-0.39, 0.29) is 24.8 Å². The average molecular weight is 189 g/mol. The summed E-state index contributed by atoms with van der Waals surface area (Å²) >= 11 is 0. The van der Waals surface area contributed by atoms with Crippen molar-refractivity contribution in [1.82, 2.24) is 4.90 Å². The molecule has 0 N–H and O–H groups in total.